The van der Waals surface area contributed by atoms with Gasteiger partial charge in [0.1, 0.15) is 5.84 Å². The first-order chi connectivity index (χ1) is 25.5. The third-order valence-electron chi connectivity index (χ3n) is 9.69. The van der Waals surface area contributed by atoms with Crippen molar-refractivity contribution in [2.45, 2.75) is 13.5 Å². The van der Waals surface area contributed by atoms with Gasteiger partial charge < -0.3 is 20.4 Å². The second-order valence-corrected chi connectivity index (χ2v) is 13.0. The Bertz CT molecular complexity index is 2850. The summed E-state index contributed by atoms with van der Waals surface area (Å²) >= 11 is 0. The van der Waals surface area contributed by atoms with Crippen molar-refractivity contribution in [3.8, 4) is 5.69 Å². The van der Waals surface area contributed by atoms with Gasteiger partial charge in [-0.05, 0) is 72.5 Å². The van der Waals surface area contributed by atoms with Crippen molar-refractivity contribution < 1.29 is 0 Å². The summed E-state index contributed by atoms with van der Waals surface area (Å²) in [5.41, 5.74) is 21.3. The Hall–Kier alpha value is -6.69. The average molecular weight is 674 g/mol. The number of nitrogens with zero attached hydrogens (tertiary/aromatic N) is 2. The highest BCUT2D eigenvalue weighted by Crippen LogP contribution is 2.39. The van der Waals surface area contributed by atoms with Gasteiger partial charge in [0.25, 0.3) is 0 Å². The fraction of sp³-hybridized carbons (Fsp3) is 0.0426. The minimum atomic E-state index is 0.0791. The third-order valence-corrected chi connectivity index (χ3v) is 9.69. The number of rotatable bonds is 3. The summed E-state index contributed by atoms with van der Waals surface area (Å²) < 4.78 is 4.73. The van der Waals surface area contributed by atoms with Gasteiger partial charge in [0, 0.05) is 44.7 Å². The molecule has 10 rings (SSSR count). The van der Waals surface area contributed by atoms with Gasteiger partial charge in [-0.25, -0.2) is 0 Å². The maximum absolute atomic E-state index is 7.77. The van der Waals surface area contributed by atoms with E-state index in [0.29, 0.717) is 6.54 Å². The quantitative estimate of drug-likeness (QED) is 0.0990. The fourth-order valence-electron chi connectivity index (χ4n) is 7.18. The molecule has 0 atom stereocenters. The number of para-hydroxylation sites is 2. The number of benzene rings is 7. The molecule has 252 valence electrons. The Morgan fingerprint density at radius 1 is 0.500 bits per heavy atom. The van der Waals surface area contributed by atoms with Crippen molar-refractivity contribution in [1.29, 1.82) is 5.41 Å². The van der Waals surface area contributed by atoms with Gasteiger partial charge >= 0.3 is 0 Å². The molecule has 3 heterocycles. The number of aryl methyl sites for hydroxylation is 1. The van der Waals surface area contributed by atoms with E-state index in [4.69, 9.17) is 16.9 Å². The first kappa shape index (κ1) is 32.5. The standard InChI is InChI=1S/C33H22N4.C7H9N.C7H8/c34-33(35)20-13-15-22(16-14-20)36-28-11-5-4-10-26(28)27-19-30-21(18-32(27)36)17-31-25-9-2-1-7-23(25)24-8-3-6-12-29(24)37(30)31;8-6-7-4-2-1-3-5-7;1-7-5-3-2-4-6-7/h1-19H,(H3,34,35);1-5H,6,8H2;2-6H,1H3. The molecule has 0 aliphatic carbocycles. The van der Waals surface area contributed by atoms with Crippen molar-refractivity contribution >= 4 is 65.7 Å². The van der Waals surface area contributed by atoms with Crippen LogP contribution in [0.5, 0.6) is 0 Å². The lowest BCUT2D eigenvalue weighted by atomic mass is 10.1. The molecule has 5 heteroatoms. The average Bonchev–Trinajstić information content (AvgIpc) is 3.74. The number of aromatic nitrogens is 2. The summed E-state index contributed by atoms with van der Waals surface area (Å²) in [7, 11) is 0. The molecular formula is C47H39N5. The van der Waals surface area contributed by atoms with Crippen LogP contribution in [0.4, 0.5) is 0 Å². The number of pyridine rings is 1. The summed E-state index contributed by atoms with van der Waals surface area (Å²) in [5, 5.41) is 15.2. The van der Waals surface area contributed by atoms with Crippen LogP contribution < -0.4 is 11.5 Å². The molecule has 0 aliphatic heterocycles. The normalized spacial score (nSPS) is 11.1. The molecule has 0 fully saturated rings. The molecule has 0 spiro atoms. The highest BCUT2D eigenvalue weighted by molar-refractivity contribution is 6.19. The highest BCUT2D eigenvalue weighted by Gasteiger charge is 2.17. The number of fused-ring (bicyclic) bond motifs is 11. The molecule has 0 unspecified atom stereocenters. The number of hydrogen-bond acceptors (Lipinski definition) is 2. The van der Waals surface area contributed by atoms with E-state index in [1.807, 2.05) is 72.8 Å². The zero-order chi connectivity index (χ0) is 35.6. The Kier molecular flexibility index (Phi) is 8.69. The van der Waals surface area contributed by atoms with Crippen LogP contribution in [0, 0.1) is 12.3 Å². The lowest BCUT2D eigenvalue weighted by Crippen LogP contribution is -2.10. The van der Waals surface area contributed by atoms with E-state index in [0.717, 1.165) is 22.3 Å². The Balaban J connectivity index is 0.000000214. The number of amidine groups is 1. The van der Waals surface area contributed by atoms with Crippen molar-refractivity contribution in [2.24, 2.45) is 11.5 Å². The lowest BCUT2D eigenvalue weighted by molar-refractivity contribution is 1.07. The summed E-state index contributed by atoms with van der Waals surface area (Å²) in [6.07, 6.45) is 0. The lowest BCUT2D eigenvalue weighted by Gasteiger charge is -2.10. The molecule has 0 saturated carbocycles. The second-order valence-electron chi connectivity index (χ2n) is 13.0. The van der Waals surface area contributed by atoms with E-state index in [-0.39, 0.29) is 5.84 Å². The van der Waals surface area contributed by atoms with Crippen LogP contribution in [0.25, 0.3) is 65.6 Å². The number of nitrogens with two attached hydrogens (primary N) is 2. The summed E-state index contributed by atoms with van der Waals surface area (Å²) in [5.74, 6) is 0.0791. The van der Waals surface area contributed by atoms with Gasteiger partial charge in [-0.2, -0.15) is 0 Å². The number of hydrogen-bond donors (Lipinski definition) is 3. The maximum Gasteiger partial charge on any atom is 0.122 e. The van der Waals surface area contributed by atoms with Crippen LogP contribution in [0.15, 0.2) is 176 Å². The molecule has 3 aromatic heterocycles. The SMILES string of the molecule is Cc1ccccc1.N=C(N)c1ccc(-n2c3ccccc3c3cc4c(cc32)cc2c3ccccc3c3ccccc3n42)cc1.NCc1ccccc1. The van der Waals surface area contributed by atoms with Crippen LogP contribution in [-0.4, -0.2) is 14.8 Å². The Labute approximate surface area is 302 Å². The van der Waals surface area contributed by atoms with Crippen LogP contribution in [-0.2, 0) is 6.54 Å². The molecule has 52 heavy (non-hydrogen) atoms. The van der Waals surface area contributed by atoms with E-state index in [2.05, 4.69) is 119 Å². The predicted octanol–water partition coefficient (Wildman–Crippen LogP) is 10.9. The van der Waals surface area contributed by atoms with Gasteiger partial charge in [0.05, 0.1) is 27.6 Å². The van der Waals surface area contributed by atoms with Crippen molar-refractivity contribution in [3.63, 3.8) is 0 Å². The molecule has 0 aliphatic rings. The van der Waals surface area contributed by atoms with E-state index in [1.54, 1.807) is 0 Å². The fourth-order valence-corrected chi connectivity index (χ4v) is 7.18. The zero-order valence-corrected chi connectivity index (χ0v) is 29.0. The molecule has 0 amide bonds. The van der Waals surface area contributed by atoms with Crippen LogP contribution >= 0.6 is 0 Å². The van der Waals surface area contributed by atoms with Crippen LogP contribution in [0.2, 0.25) is 0 Å². The molecule has 5 N–H and O–H groups in total. The molecule has 0 radical (unpaired) electrons. The van der Waals surface area contributed by atoms with E-state index >= 15 is 0 Å². The molecular weight excluding hydrogens is 635 g/mol. The van der Waals surface area contributed by atoms with Gasteiger partial charge in [0.15, 0.2) is 0 Å². The molecule has 0 bridgehead atoms. The topological polar surface area (TPSA) is 85.2 Å². The third kappa shape index (κ3) is 5.93. The first-order valence-corrected chi connectivity index (χ1v) is 17.5. The maximum atomic E-state index is 7.77. The smallest absolute Gasteiger partial charge is 0.122 e. The van der Waals surface area contributed by atoms with E-state index < -0.39 is 0 Å². The number of nitrogen functional groups attached to an aromatic ring is 1. The van der Waals surface area contributed by atoms with Gasteiger partial charge in [0.2, 0.25) is 0 Å². The van der Waals surface area contributed by atoms with Crippen molar-refractivity contribution in [1.82, 2.24) is 8.97 Å². The van der Waals surface area contributed by atoms with Crippen LogP contribution in [0.1, 0.15) is 16.7 Å². The Morgan fingerprint density at radius 2 is 1.02 bits per heavy atom. The van der Waals surface area contributed by atoms with Gasteiger partial charge in [-0.1, -0.05) is 127 Å². The van der Waals surface area contributed by atoms with Crippen LogP contribution in [0.3, 0.4) is 0 Å². The largest absolute Gasteiger partial charge is 0.384 e. The second kappa shape index (κ2) is 13.9. The summed E-state index contributed by atoms with van der Waals surface area (Å²) in [6, 6.07) is 61.1. The summed E-state index contributed by atoms with van der Waals surface area (Å²) in [6.45, 7) is 2.72. The van der Waals surface area contributed by atoms with Gasteiger partial charge in [-0.3, -0.25) is 5.41 Å². The number of nitrogens with one attached hydrogen (secondary N) is 1. The molecule has 7 aromatic carbocycles. The molecule has 0 saturated heterocycles. The predicted molar refractivity (Wildman–Crippen MR) is 221 cm³/mol. The zero-order valence-electron chi connectivity index (χ0n) is 29.0. The molecule has 10 aromatic rings. The minimum absolute atomic E-state index is 0.0791. The first-order valence-electron chi connectivity index (χ1n) is 17.5. The minimum Gasteiger partial charge on any atom is -0.384 e. The Morgan fingerprint density at radius 3 is 1.60 bits per heavy atom. The van der Waals surface area contributed by atoms with Crippen molar-refractivity contribution in [2.75, 3.05) is 0 Å². The summed E-state index contributed by atoms with van der Waals surface area (Å²) in [4.78, 5) is 0. The van der Waals surface area contributed by atoms with E-state index in [1.165, 1.54) is 60.0 Å². The van der Waals surface area contributed by atoms with Crippen molar-refractivity contribution in [3.05, 3.63) is 193 Å². The highest BCUT2D eigenvalue weighted by atomic mass is 15.0. The van der Waals surface area contributed by atoms with Gasteiger partial charge in [-0.15, -0.1) is 0 Å². The monoisotopic (exact) mass is 673 g/mol. The molecule has 5 nitrogen and oxygen atoms in total. The van der Waals surface area contributed by atoms with E-state index in [9.17, 15) is 0 Å².